The Labute approximate surface area is 121 Å². The van der Waals surface area contributed by atoms with Crippen LogP contribution in [0.15, 0.2) is 28.4 Å². The molecule has 2 aromatic rings. The minimum Gasteiger partial charge on any atom is -0.367 e. The maximum atomic E-state index is 13.4. The second-order valence-electron chi connectivity index (χ2n) is 5.94. The first-order valence-corrected chi connectivity index (χ1v) is 7.88. The van der Waals surface area contributed by atoms with Gasteiger partial charge in [0.25, 0.3) is 0 Å². The van der Waals surface area contributed by atoms with E-state index in [0.29, 0.717) is 17.2 Å². The summed E-state index contributed by atoms with van der Waals surface area (Å²) in [5, 5.41) is 2.42. The quantitative estimate of drug-likeness (QED) is 0.794. The average molecular weight is 291 g/mol. The lowest BCUT2D eigenvalue weighted by Crippen LogP contribution is -2.40. The molecule has 0 saturated carbocycles. The van der Waals surface area contributed by atoms with E-state index < -0.39 is 0 Å². The lowest BCUT2D eigenvalue weighted by atomic mass is 9.91. The number of benzene rings is 1. The highest BCUT2D eigenvalue weighted by molar-refractivity contribution is 7.16. The van der Waals surface area contributed by atoms with E-state index in [1.54, 1.807) is 6.07 Å². The van der Waals surface area contributed by atoms with Crippen LogP contribution in [0.1, 0.15) is 20.3 Å². The summed E-state index contributed by atoms with van der Waals surface area (Å²) in [4.78, 5) is 14.8. The molecule has 1 aliphatic rings. The van der Waals surface area contributed by atoms with Crippen molar-refractivity contribution in [1.29, 1.82) is 0 Å². The van der Waals surface area contributed by atoms with E-state index in [0.717, 1.165) is 23.5 Å². The van der Waals surface area contributed by atoms with Crippen LogP contribution < -0.4 is 10.3 Å². The van der Waals surface area contributed by atoms with E-state index >= 15 is 0 Å². The van der Waals surface area contributed by atoms with Crippen molar-refractivity contribution < 1.29 is 4.39 Å². The summed E-state index contributed by atoms with van der Waals surface area (Å²) in [5.74, 6) is 0.831. The van der Waals surface area contributed by atoms with Crippen molar-refractivity contribution in [3.63, 3.8) is 0 Å². The standard InChI is InChI=1S/C16H18FNOS/c1-10-5-11(2)8-18(7-10)14-9-20-15-4-3-12(17)6-13(15)16(14)19/h3-4,6,9-11H,5,7-8H2,1-2H3/t10-,11-/m1/s1. The molecule has 1 aromatic heterocycles. The normalized spacial score (nSPS) is 23.2. The van der Waals surface area contributed by atoms with Crippen LogP contribution >= 0.6 is 11.3 Å². The molecule has 4 heteroatoms. The van der Waals surface area contributed by atoms with Crippen LogP contribution in [0, 0.1) is 17.7 Å². The first-order valence-electron chi connectivity index (χ1n) is 7.00. The fourth-order valence-corrected chi connectivity index (χ4v) is 4.09. The van der Waals surface area contributed by atoms with E-state index in [4.69, 9.17) is 0 Å². The van der Waals surface area contributed by atoms with Crippen LogP contribution in [0.3, 0.4) is 0 Å². The van der Waals surface area contributed by atoms with Crippen molar-refractivity contribution in [2.45, 2.75) is 20.3 Å². The first kappa shape index (κ1) is 13.6. The van der Waals surface area contributed by atoms with Gasteiger partial charge in [0.05, 0.1) is 5.69 Å². The fraction of sp³-hybridized carbons (Fsp3) is 0.438. The number of piperidine rings is 1. The molecule has 1 aliphatic heterocycles. The lowest BCUT2D eigenvalue weighted by molar-refractivity contribution is 0.356. The molecule has 0 aliphatic carbocycles. The average Bonchev–Trinajstić information content (AvgIpc) is 2.38. The highest BCUT2D eigenvalue weighted by Crippen LogP contribution is 2.27. The summed E-state index contributed by atoms with van der Waals surface area (Å²) in [6.07, 6.45) is 1.20. The van der Waals surface area contributed by atoms with Crippen LogP contribution in [0.2, 0.25) is 0 Å². The van der Waals surface area contributed by atoms with Crippen molar-refractivity contribution in [3.8, 4) is 0 Å². The van der Waals surface area contributed by atoms with E-state index in [1.807, 2.05) is 5.38 Å². The number of hydrogen-bond donors (Lipinski definition) is 0. The first-order chi connectivity index (χ1) is 9.54. The molecule has 1 saturated heterocycles. The topological polar surface area (TPSA) is 20.3 Å². The van der Waals surface area contributed by atoms with Gasteiger partial charge in [0.1, 0.15) is 5.82 Å². The molecule has 0 radical (unpaired) electrons. The predicted octanol–water partition coefficient (Wildman–Crippen LogP) is 3.88. The van der Waals surface area contributed by atoms with Crippen LogP contribution in [-0.2, 0) is 0 Å². The zero-order valence-electron chi connectivity index (χ0n) is 11.7. The second kappa shape index (κ2) is 5.17. The molecule has 20 heavy (non-hydrogen) atoms. The van der Waals surface area contributed by atoms with E-state index in [-0.39, 0.29) is 11.2 Å². The Morgan fingerprint density at radius 3 is 2.65 bits per heavy atom. The van der Waals surface area contributed by atoms with Gasteiger partial charge in [0.2, 0.25) is 5.43 Å². The number of anilines is 1. The van der Waals surface area contributed by atoms with Gasteiger partial charge in [0, 0.05) is 28.6 Å². The summed E-state index contributed by atoms with van der Waals surface area (Å²) in [5.41, 5.74) is 0.686. The summed E-state index contributed by atoms with van der Waals surface area (Å²) >= 11 is 1.51. The van der Waals surface area contributed by atoms with E-state index in [9.17, 15) is 9.18 Å². The molecule has 0 N–H and O–H groups in total. The Kier molecular flexibility index (Phi) is 3.50. The third-order valence-corrected chi connectivity index (χ3v) is 4.88. The number of rotatable bonds is 1. The van der Waals surface area contributed by atoms with Gasteiger partial charge in [-0.2, -0.15) is 0 Å². The van der Waals surface area contributed by atoms with Crippen LogP contribution in [-0.4, -0.2) is 13.1 Å². The Morgan fingerprint density at radius 2 is 1.95 bits per heavy atom. The molecule has 0 amide bonds. The molecular weight excluding hydrogens is 273 g/mol. The summed E-state index contributed by atoms with van der Waals surface area (Å²) < 4.78 is 14.2. The van der Waals surface area contributed by atoms with Gasteiger partial charge in [-0.3, -0.25) is 4.79 Å². The molecule has 2 atom stereocenters. The molecule has 106 valence electrons. The van der Waals surface area contributed by atoms with Gasteiger partial charge >= 0.3 is 0 Å². The van der Waals surface area contributed by atoms with Crippen molar-refractivity contribution in [3.05, 3.63) is 39.6 Å². The van der Waals surface area contributed by atoms with Gasteiger partial charge < -0.3 is 4.90 Å². The molecular formula is C16H18FNOS. The summed E-state index contributed by atoms with van der Waals surface area (Å²) in [6, 6.07) is 4.44. The Hall–Kier alpha value is -1.42. The zero-order chi connectivity index (χ0) is 14.3. The third-order valence-electron chi connectivity index (χ3n) is 3.93. The Bertz CT molecular complexity index is 686. The smallest absolute Gasteiger partial charge is 0.211 e. The van der Waals surface area contributed by atoms with Gasteiger partial charge in [-0.15, -0.1) is 11.3 Å². The summed E-state index contributed by atoms with van der Waals surface area (Å²) in [6.45, 7) is 6.26. The fourth-order valence-electron chi connectivity index (χ4n) is 3.17. The van der Waals surface area contributed by atoms with Crippen molar-refractivity contribution in [2.24, 2.45) is 11.8 Å². The number of halogens is 1. The third kappa shape index (κ3) is 2.44. The Morgan fingerprint density at radius 1 is 1.25 bits per heavy atom. The minimum absolute atomic E-state index is 0.0421. The molecule has 1 aromatic carbocycles. The summed E-state index contributed by atoms with van der Waals surface area (Å²) in [7, 11) is 0. The molecule has 0 bridgehead atoms. The molecule has 0 unspecified atom stereocenters. The lowest BCUT2D eigenvalue weighted by Gasteiger charge is -2.36. The van der Waals surface area contributed by atoms with Gasteiger partial charge in [0.15, 0.2) is 0 Å². The van der Waals surface area contributed by atoms with Crippen LogP contribution in [0.5, 0.6) is 0 Å². The monoisotopic (exact) mass is 291 g/mol. The van der Waals surface area contributed by atoms with Crippen LogP contribution in [0.25, 0.3) is 10.1 Å². The van der Waals surface area contributed by atoms with Gasteiger partial charge in [-0.05, 0) is 36.5 Å². The minimum atomic E-state index is -0.348. The molecule has 3 rings (SSSR count). The maximum absolute atomic E-state index is 13.4. The van der Waals surface area contributed by atoms with Gasteiger partial charge in [-0.1, -0.05) is 13.8 Å². The van der Waals surface area contributed by atoms with Crippen molar-refractivity contribution >= 4 is 27.1 Å². The highest BCUT2D eigenvalue weighted by atomic mass is 32.1. The largest absolute Gasteiger partial charge is 0.367 e. The number of nitrogens with zero attached hydrogens (tertiary/aromatic N) is 1. The number of fused-ring (bicyclic) bond motifs is 1. The highest BCUT2D eigenvalue weighted by Gasteiger charge is 2.24. The predicted molar refractivity (Wildman–Crippen MR) is 83.2 cm³/mol. The van der Waals surface area contributed by atoms with E-state index in [2.05, 4.69) is 18.7 Å². The SMILES string of the molecule is C[C@@H]1C[C@@H](C)CN(c2csc3ccc(F)cc3c2=O)C1. The molecule has 2 nitrogen and oxygen atoms in total. The van der Waals surface area contributed by atoms with Crippen molar-refractivity contribution in [2.75, 3.05) is 18.0 Å². The zero-order valence-corrected chi connectivity index (χ0v) is 12.5. The Balaban J connectivity index is 2.08. The second-order valence-corrected chi connectivity index (χ2v) is 6.85. The number of hydrogen-bond acceptors (Lipinski definition) is 3. The molecule has 2 heterocycles. The van der Waals surface area contributed by atoms with Crippen molar-refractivity contribution in [1.82, 2.24) is 0 Å². The van der Waals surface area contributed by atoms with Crippen LogP contribution in [0.4, 0.5) is 10.1 Å². The van der Waals surface area contributed by atoms with Gasteiger partial charge in [-0.25, -0.2) is 4.39 Å². The maximum Gasteiger partial charge on any atom is 0.211 e. The van der Waals surface area contributed by atoms with E-state index in [1.165, 1.54) is 29.9 Å². The molecule has 0 spiro atoms. The molecule has 1 fully saturated rings.